The zero-order chi connectivity index (χ0) is 18.2. The molecule has 1 heterocycles. The molecule has 128 valence electrons. The molecule has 0 unspecified atom stereocenters. The molecular formula is C16H29NO5. The van der Waals surface area contributed by atoms with Crippen LogP contribution < -0.4 is 0 Å². The van der Waals surface area contributed by atoms with Gasteiger partial charge in [0.05, 0.1) is 14.1 Å². The van der Waals surface area contributed by atoms with E-state index in [1.165, 1.54) is 0 Å². The molecule has 0 saturated carbocycles. The van der Waals surface area contributed by atoms with Gasteiger partial charge in [0.25, 0.3) is 0 Å². The number of carbonyl (C=O) groups excluding carboxylic acids is 2. The molecule has 1 saturated heterocycles. The summed E-state index contributed by atoms with van der Waals surface area (Å²) in [7, 11) is 0. The zero-order valence-corrected chi connectivity index (χ0v) is 14.9. The Morgan fingerprint density at radius 3 is 2.18 bits per heavy atom. The maximum Gasteiger partial charge on any atom is 0.413 e. The molecule has 0 aromatic rings. The molecule has 0 aromatic carbocycles. The quantitative estimate of drug-likeness (QED) is 0.733. The highest BCUT2D eigenvalue weighted by atomic mass is 16.6. The second kappa shape index (κ2) is 6.44. The maximum absolute atomic E-state index is 12.6. The van der Waals surface area contributed by atoms with Gasteiger partial charge in [-0.1, -0.05) is 20.8 Å². The second-order valence-corrected chi connectivity index (χ2v) is 7.78. The van der Waals surface area contributed by atoms with Crippen molar-refractivity contribution < 1.29 is 25.2 Å². The molecule has 0 aromatic heterocycles. The van der Waals surface area contributed by atoms with Gasteiger partial charge in [-0.05, 0) is 34.6 Å². The number of hydrogen-bond acceptors (Lipinski definition) is 5. The minimum atomic E-state index is -1.95. The molecule has 0 bridgehead atoms. The lowest BCUT2D eigenvalue weighted by Crippen LogP contribution is -2.52. The lowest BCUT2D eigenvalue weighted by Gasteiger charge is -2.36. The average molecular weight is 316 g/mol. The molecule has 1 amide bonds. The standard InChI is InChI=1S/C16H29NO5/c1-10(2)21-12(18)11-9-20-13(15(3,4)5)17(11)14(19)22-16(6,7)8/h10-11,13H,9H2,1-8H3/t11-,13+/m1/s1/i11D. The average Bonchev–Trinajstić information content (AvgIpc) is 2.65. The minimum absolute atomic E-state index is 0.250. The van der Waals surface area contributed by atoms with Gasteiger partial charge in [-0.15, -0.1) is 0 Å². The van der Waals surface area contributed by atoms with E-state index in [2.05, 4.69) is 0 Å². The summed E-state index contributed by atoms with van der Waals surface area (Å²) < 4.78 is 24.7. The van der Waals surface area contributed by atoms with Crippen molar-refractivity contribution in [3.63, 3.8) is 0 Å². The van der Waals surface area contributed by atoms with Crippen LogP contribution in [0.3, 0.4) is 0 Å². The molecule has 22 heavy (non-hydrogen) atoms. The third-order valence-corrected chi connectivity index (χ3v) is 2.81. The van der Waals surface area contributed by atoms with Gasteiger partial charge < -0.3 is 14.2 Å². The Bertz CT molecular complexity index is 466. The lowest BCUT2D eigenvalue weighted by molar-refractivity contribution is -0.153. The van der Waals surface area contributed by atoms with Crippen LogP contribution in [0.25, 0.3) is 0 Å². The van der Waals surface area contributed by atoms with E-state index in [4.69, 9.17) is 15.6 Å². The maximum atomic E-state index is 12.6. The zero-order valence-electron chi connectivity index (χ0n) is 15.9. The van der Waals surface area contributed by atoms with E-state index in [1.54, 1.807) is 34.6 Å². The van der Waals surface area contributed by atoms with Crippen molar-refractivity contribution in [1.29, 1.82) is 0 Å². The van der Waals surface area contributed by atoms with E-state index in [0.29, 0.717) is 0 Å². The van der Waals surface area contributed by atoms with Crippen LogP contribution in [0.5, 0.6) is 0 Å². The van der Waals surface area contributed by atoms with Crippen molar-refractivity contribution in [1.82, 2.24) is 4.90 Å². The van der Waals surface area contributed by atoms with Crippen LogP contribution in [0, 0.1) is 5.41 Å². The van der Waals surface area contributed by atoms with Crippen molar-refractivity contribution in [2.24, 2.45) is 5.41 Å². The number of carbonyl (C=O) groups is 2. The number of ether oxygens (including phenoxy) is 3. The second-order valence-electron chi connectivity index (χ2n) is 7.78. The molecule has 0 aliphatic carbocycles. The van der Waals surface area contributed by atoms with Crippen molar-refractivity contribution in [3.05, 3.63) is 0 Å². The first-order valence-corrected chi connectivity index (χ1v) is 7.53. The number of nitrogens with zero attached hydrogens (tertiary/aromatic N) is 1. The summed E-state index contributed by atoms with van der Waals surface area (Å²) in [5.41, 5.74) is -1.23. The molecule has 0 spiro atoms. The fourth-order valence-corrected chi connectivity index (χ4v) is 2.04. The predicted molar refractivity (Wildman–Crippen MR) is 82.3 cm³/mol. The molecule has 1 aliphatic rings. The minimum Gasteiger partial charge on any atom is -0.461 e. The van der Waals surface area contributed by atoms with Crippen molar-refractivity contribution in [2.45, 2.75) is 79.3 Å². The van der Waals surface area contributed by atoms with Gasteiger partial charge in [-0.3, -0.25) is 4.90 Å². The highest BCUT2D eigenvalue weighted by Gasteiger charge is 2.49. The Morgan fingerprint density at radius 2 is 1.77 bits per heavy atom. The molecule has 1 fully saturated rings. The van der Waals surface area contributed by atoms with Gasteiger partial charge >= 0.3 is 12.1 Å². The SMILES string of the molecule is [2H][C@]1(C(=O)OC(C)C)CO[C@@H](C(C)(C)C)N1C(=O)OC(C)(C)C. The summed E-state index contributed by atoms with van der Waals surface area (Å²) in [5, 5.41) is 0. The van der Waals surface area contributed by atoms with Crippen LogP contribution in [0.1, 0.15) is 56.8 Å². The van der Waals surface area contributed by atoms with Gasteiger partial charge in [0.15, 0.2) is 6.02 Å². The Labute approximate surface area is 134 Å². The predicted octanol–water partition coefficient (Wildman–Crippen LogP) is 2.95. The number of rotatable bonds is 2. The Balaban J connectivity index is 3.19. The summed E-state index contributed by atoms with van der Waals surface area (Å²) >= 11 is 0. The van der Waals surface area contributed by atoms with E-state index in [-0.39, 0.29) is 12.7 Å². The first kappa shape index (κ1) is 17.1. The van der Waals surface area contributed by atoms with Crippen LogP contribution in [0.15, 0.2) is 0 Å². The van der Waals surface area contributed by atoms with Crippen molar-refractivity contribution in [2.75, 3.05) is 6.61 Å². The molecule has 1 rings (SSSR count). The van der Waals surface area contributed by atoms with Gasteiger partial charge in [0.1, 0.15) is 11.8 Å². The molecule has 6 heteroatoms. The van der Waals surface area contributed by atoms with E-state index in [9.17, 15) is 9.59 Å². The van der Waals surface area contributed by atoms with E-state index in [0.717, 1.165) is 4.90 Å². The normalized spacial score (nSPS) is 26.9. The first-order chi connectivity index (χ1) is 10.2. The highest BCUT2D eigenvalue weighted by molar-refractivity contribution is 5.82. The molecule has 2 atom stereocenters. The molecule has 6 nitrogen and oxygen atoms in total. The summed E-state index contributed by atoms with van der Waals surface area (Å²) in [6, 6.07) is -1.95. The van der Waals surface area contributed by atoms with Gasteiger partial charge in [0, 0.05) is 5.41 Å². The third-order valence-electron chi connectivity index (χ3n) is 2.81. The smallest absolute Gasteiger partial charge is 0.413 e. The van der Waals surface area contributed by atoms with Crippen LogP contribution in [-0.2, 0) is 19.0 Å². The third kappa shape index (κ3) is 4.87. The van der Waals surface area contributed by atoms with E-state index in [1.807, 2.05) is 20.8 Å². The number of esters is 1. The number of hydrogen-bond donors (Lipinski definition) is 0. The first-order valence-electron chi connectivity index (χ1n) is 8.03. The van der Waals surface area contributed by atoms with Gasteiger partial charge in [0.2, 0.25) is 0 Å². The molecular weight excluding hydrogens is 286 g/mol. The van der Waals surface area contributed by atoms with Crippen LogP contribution in [0.4, 0.5) is 4.79 Å². The topological polar surface area (TPSA) is 65.1 Å². The highest BCUT2D eigenvalue weighted by Crippen LogP contribution is 2.33. The fourth-order valence-electron chi connectivity index (χ4n) is 2.04. The summed E-state index contributed by atoms with van der Waals surface area (Å²) in [6.07, 6.45) is -1.90. The van der Waals surface area contributed by atoms with Gasteiger partial charge in [-0.2, -0.15) is 0 Å². The van der Waals surface area contributed by atoms with Gasteiger partial charge in [-0.25, -0.2) is 9.59 Å². The Morgan fingerprint density at radius 1 is 1.23 bits per heavy atom. The summed E-state index contributed by atoms with van der Waals surface area (Å²) in [4.78, 5) is 26.1. The van der Waals surface area contributed by atoms with E-state index < -0.39 is 35.3 Å². The Hall–Kier alpha value is -1.30. The van der Waals surface area contributed by atoms with Crippen molar-refractivity contribution >= 4 is 12.1 Å². The van der Waals surface area contributed by atoms with Crippen LogP contribution in [0.2, 0.25) is 0 Å². The van der Waals surface area contributed by atoms with Crippen LogP contribution >= 0.6 is 0 Å². The molecule has 0 radical (unpaired) electrons. The molecule has 1 aliphatic heterocycles. The fraction of sp³-hybridized carbons (Fsp3) is 0.875. The van der Waals surface area contributed by atoms with E-state index >= 15 is 0 Å². The summed E-state index contributed by atoms with van der Waals surface area (Å²) in [6.45, 7) is 13.9. The molecule has 0 N–H and O–H groups in total. The Kier molecular flexibility index (Phi) is 5.00. The number of amides is 1. The van der Waals surface area contributed by atoms with Crippen LogP contribution in [-0.4, -0.2) is 47.5 Å². The van der Waals surface area contributed by atoms with Crippen molar-refractivity contribution in [3.8, 4) is 0 Å². The monoisotopic (exact) mass is 316 g/mol. The summed E-state index contributed by atoms with van der Waals surface area (Å²) in [5.74, 6) is -0.815. The largest absolute Gasteiger partial charge is 0.461 e. The lowest BCUT2D eigenvalue weighted by atomic mass is 9.93.